The van der Waals surface area contributed by atoms with E-state index in [1.54, 1.807) is 0 Å². The smallest absolute Gasteiger partial charge is 0.260 e. The van der Waals surface area contributed by atoms with Crippen molar-refractivity contribution in [2.45, 2.75) is 20.8 Å². The van der Waals surface area contributed by atoms with Gasteiger partial charge in [-0.25, -0.2) is 0 Å². The molecule has 0 atom stereocenters. The van der Waals surface area contributed by atoms with Crippen LogP contribution in [0.25, 0.3) is 44.5 Å². The average Bonchev–Trinajstić information content (AvgIpc) is 3.12. The van der Waals surface area contributed by atoms with Gasteiger partial charge in [0.1, 0.15) is 23.0 Å². The molecule has 9 rings (SSSR count). The largest absolute Gasteiger partial charge is 0.457 e. The van der Waals surface area contributed by atoms with Crippen molar-refractivity contribution >= 4 is 23.1 Å². The second-order valence-corrected chi connectivity index (χ2v) is 12.9. The highest BCUT2D eigenvalue weighted by Crippen LogP contribution is 2.49. The van der Waals surface area contributed by atoms with Crippen LogP contribution in [0.5, 0.6) is 23.0 Å². The zero-order valence-electron chi connectivity index (χ0n) is 27.3. The van der Waals surface area contributed by atoms with E-state index in [1.165, 1.54) is 27.8 Å². The van der Waals surface area contributed by atoms with Crippen molar-refractivity contribution in [2.24, 2.45) is 0 Å². The zero-order chi connectivity index (χ0) is 32.4. The van der Waals surface area contributed by atoms with E-state index in [4.69, 9.17) is 9.47 Å². The van der Waals surface area contributed by atoms with E-state index in [1.807, 2.05) is 0 Å². The summed E-state index contributed by atoms with van der Waals surface area (Å²) in [5.74, 6) is 3.54. The van der Waals surface area contributed by atoms with Gasteiger partial charge in [-0.1, -0.05) is 140 Å². The lowest BCUT2D eigenvalue weighted by Crippen LogP contribution is -2.57. The molecule has 0 saturated heterocycles. The Bertz CT molecular complexity index is 2380. The summed E-state index contributed by atoms with van der Waals surface area (Å²) in [5.41, 5.74) is 16.0. The van der Waals surface area contributed by atoms with E-state index in [0.29, 0.717) is 0 Å². The average molecular weight is 617 g/mol. The van der Waals surface area contributed by atoms with Crippen LogP contribution in [-0.2, 0) is 0 Å². The summed E-state index contributed by atoms with van der Waals surface area (Å²) in [5, 5.41) is 0. The Hall–Kier alpha value is -5.80. The maximum absolute atomic E-state index is 7.27. The van der Waals surface area contributed by atoms with E-state index in [2.05, 4.69) is 166 Å². The lowest BCUT2D eigenvalue weighted by molar-refractivity contribution is 0.468. The summed E-state index contributed by atoms with van der Waals surface area (Å²) in [4.78, 5) is 0. The molecule has 48 heavy (non-hydrogen) atoms. The van der Waals surface area contributed by atoms with Crippen LogP contribution >= 0.6 is 0 Å². The molecule has 0 aliphatic carbocycles. The van der Waals surface area contributed by atoms with E-state index in [-0.39, 0.29) is 6.71 Å². The standard InChI is InChI=1S/C45H33BO2/c1-28-15-7-10-20-32(28)35-23-13-25-39-42(35)47-44-37(31-18-5-4-6-19-31)27-38(34-22-12-9-17-30(34)3)45-41(44)46(39)40-26-14-24-36(43(40)48-45)33-21-11-8-16-29(33)2/h4-27H,1-3H3. The fourth-order valence-corrected chi connectivity index (χ4v) is 7.71. The molecule has 0 fully saturated rings. The Morgan fingerprint density at radius 3 is 1.27 bits per heavy atom. The SMILES string of the molecule is Cc1ccccc1-c1cccc2c1Oc1c(-c3ccccc3)cc(-c3ccccc3C)c3c1B2c1cccc(-c2ccccc2C)c1O3. The van der Waals surface area contributed by atoms with Crippen molar-refractivity contribution in [3.63, 3.8) is 0 Å². The van der Waals surface area contributed by atoms with E-state index in [9.17, 15) is 0 Å². The first-order chi connectivity index (χ1) is 23.6. The maximum Gasteiger partial charge on any atom is 0.260 e. The predicted octanol–water partition coefficient (Wildman–Crippen LogP) is 10.0. The minimum atomic E-state index is -0.0955. The molecule has 3 heteroatoms. The van der Waals surface area contributed by atoms with Crippen LogP contribution in [0.4, 0.5) is 0 Å². The van der Waals surface area contributed by atoms with Gasteiger partial charge in [0.05, 0.1) is 0 Å². The zero-order valence-corrected chi connectivity index (χ0v) is 27.3. The first kappa shape index (κ1) is 28.4. The fraction of sp³-hybridized carbons (Fsp3) is 0.0667. The van der Waals surface area contributed by atoms with Crippen LogP contribution in [0.1, 0.15) is 16.7 Å². The van der Waals surface area contributed by atoms with E-state index in [0.717, 1.165) is 72.8 Å². The molecule has 0 amide bonds. The third-order valence-electron chi connectivity index (χ3n) is 10.1. The third-order valence-corrected chi connectivity index (χ3v) is 10.1. The molecule has 0 aromatic heterocycles. The Balaban J connectivity index is 1.41. The molecule has 0 spiro atoms. The summed E-state index contributed by atoms with van der Waals surface area (Å²) >= 11 is 0. The van der Waals surface area contributed by atoms with Crippen LogP contribution in [0.15, 0.2) is 146 Å². The summed E-state index contributed by atoms with van der Waals surface area (Å²) in [6, 6.07) is 51.9. The van der Waals surface area contributed by atoms with E-state index < -0.39 is 0 Å². The number of ether oxygens (including phenoxy) is 2. The molecule has 7 aromatic carbocycles. The molecule has 2 aliphatic heterocycles. The molecule has 0 unspecified atom stereocenters. The van der Waals surface area contributed by atoms with Crippen molar-refractivity contribution in [3.05, 3.63) is 162 Å². The molecule has 0 N–H and O–H groups in total. The summed E-state index contributed by atoms with van der Waals surface area (Å²) in [6.45, 7) is 6.43. The molecule has 228 valence electrons. The number of fused-ring (bicyclic) bond motifs is 4. The van der Waals surface area contributed by atoms with Crippen LogP contribution < -0.4 is 25.9 Å². The molecule has 2 heterocycles. The molecular formula is C45H33BO2. The highest BCUT2D eigenvalue weighted by atomic mass is 16.5. The van der Waals surface area contributed by atoms with Crippen molar-refractivity contribution in [1.82, 2.24) is 0 Å². The molecular weight excluding hydrogens is 583 g/mol. The Kier molecular flexibility index (Phi) is 6.62. The molecule has 0 saturated carbocycles. The molecule has 7 aromatic rings. The van der Waals surface area contributed by atoms with Gasteiger partial charge in [-0.2, -0.15) is 0 Å². The highest BCUT2D eigenvalue weighted by molar-refractivity contribution is 6.98. The normalized spacial score (nSPS) is 12.4. The first-order valence-corrected chi connectivity index (χ1v) is 16.6. The van der Waals surface area contributed by atoms with Crippen LogP contribution in [0.2, 0.25) is 0 Å². The van der Waals surface area contributed by atoms with Gasteiger partial charge in [-0.3, -0.25) is 0 Å². The molecule has 0 radical (unpaired) electrons. The predicted molar refractivity (Wildman–Crippen MR) is 200 cm³/mol. The maximum atomic E-state index is 7.27. The Morgan fingerprint density at radius 1 is 0.354 bits per heavy atom. The summed E-state index contributed by atoms with van der Waals surface area (Å²) in [6.07, 6.45) is 0. The van der Waals surface area contributed by atoms with Crippen LogP contribution in [-0.4, -0.2) is 6.71 Å². The van der Waals surface area contributed by atoms with Crippen molar-refractivity contribution in [1.29, 1.82) is 0 Å². The minimum absolute atomic E-state index is 0.0955. The van der Waals surface area contributed by atoms with Crippen molar-refractivity contribution in [2.75, 3.05) is 0 Å². The van der Waals surface area contributed by atoms with Crippen molar-refractivity contribution < 1.29 is 9.47 Å². The number of benzene rings is 7. The Morgan fingerprint density at radius 2 is 0.771 bits per heavy atom. The van der Waals surface area contributed by atoms with Gasteiger partial charge >= 0.3 is 0 Å². The highest BCUT2D eigenvalue weighted by Gasteiger charge is 2.44. The molecule has 0 bridgehead atoms. The molecule has 2 nitrogen and oxygen atoms in total. The minimum Gasteiger partial charge on any atom is -0.457 e. The second-order valence-electron chi connectivity index (χ2n) is 12.9. The Labute approximate surface area is 282 Å². The number of aryl methyl sites for hydroxylation is 3. The number of hydrogen-bond acceptors (Lipinski definition) is 2. The van der Waals surface area contributed by atoms with Gasteiger partial charge < -0.3 is 9.47 Å². The quantitative estimate of drug-likeness (QED) is 0.183. The second kappa shape index (κ2) is 11.2. The van der Waals surface area contributed by atoms with Gasteiger partial charge in [-0.05, 0) is 76.7 Å². The van der Waals surface area contributed by atoms with Gasteiger partial charge in [-0.15, -0.1) is 0 Å². The lowest BCUT2D eigenvalue weighted by atomic mass is 9.34. The number of hydrogen-bond donors (Lipinski definition) is 0. The third kappa shape index (κ3) is 4.35. The van der Waals surface area contributed by atoms with Crippen molar-refractivity contribution in [3.8, 4) is 67.5 Å². The van der Waals surface area contributed by atoms with Gasteiger partial charge in [0, 0.05) is 27.7 Å². The topological polar surface area (TPSA) is 18.5 Å². The lowest BCUT2D eigenvalue weighted by Gasteiger charge is -2.37. The summed E-state index contributed by atoms with van der Waals surface area (Å²) < 4.78 is 14.5. The van der Waals surface area contributed by atoms with E-state index >= 15 is 0 Å². The fourth-order valence-electron chi connectivity index (χ4n) is 7.71. The van der Waals surface area contributed by atoms with Gasteiger partial charge in [0.15, 0.2) is 0 Å². The first-order valence-electron chi connectivity index (χ1n) is 16.6. The van der Waals surface area contributed by atoms with Gasteiger partial charge in [0.25, 0.3) is 6.71 Å². The number of para-hydroxylation sites is 2. The van der Waals surface area contributed by atoms with Gasteiger partial charge in [0.2, 0.25) is 0 Å². The molecule has 2 aliphatic rings. The summed E-state index contributed by atoms with van der Waals surface area (Å²) in [7, 11) is 0. The number of rotatable bonds is 4. The van der Waals surface area contributed by atoms with Crippen LogP contribution in [0.3, 0.4) is 0 Å². The monoisotopic (exact) mass is 616 g/mol. The van der Waals surface area contributed by atoms with Crippen LogP contribution in [0, 0.1) is 20.8 Å².